The van der Waals surface area contributed by atoms with Crippen LogP contribution in [0.25, 0.3) is 0 Å². The van der Waals surface area contributed by atoms with Gasteiger partial charge in [-0.2, -0.15) is 4.98 Å². The van der Waals surface area contributed by atoms with E-state index in [1.54, 1.807) is 12.4 Å². The molecule has 6 heteroatoms. The van der Waals surface area contributed by atoms with Crippen molar-refractivity contribution in [2.45, 2.75) is 12.6 Å². The molecule has 1 atom stereocenters. The van der Waals surface area contributed by atoms with E-state index >= 15 is 0 Å². The molecule has 2 aromatic rings. The van der Waals surface area contributed by atoms with Gasteiger partial charge in [-0.3, -0.25) is 9.88 Å². The fourth-order valence-electron chi connectivity index (χ4n) is 2.72. The second-order valence-corrected chi connectivity index (χ2v) is 5.41. The van der Waals surface area contributed by atoms with Crippen molar-refractivity contribution in [2.24, 2.45) is 0 Å². The lowest BCUT2D eigenvalue weighted by molar-refractivity contribution is 0.196. The van der Waals surface area contributed by atoms with Crippen LogP contribution in [0.4, 0.5) is 5.82 Å². The largest absolute Gasteiger partial charge is 0.474 e. The Morgan fingerprint density at radius 2 is 2.23 bits per heavy atom. The molecule has 6 nitrogen and oxygen atoms in total. The summed E-state index contributed by atoms with van der Waals surface area (Å²) in [5, 5.41) is 12.2. The lowest BCUT2D eigenvalue weighted by atomic mass is 9.96. The molecular formula is C16H20N4O2. The van der Waals surface area contributed by atoms with E-state index < -0.39 is 0 Å². The number of hydrogen-bond acceptors (Lipinski definition) is 6. The molecule has 0 aliphatic carbocycles. The Kier molecular flexibility index (Phi) is 4.50. The summed E-state index contributed by atoms with van der Waals surface area (Å²) in [4.78, 5) is 10.8. The van der Waals surface area contributed by atoms with E-state index in [1.165, 1.54) is 11.1 Å². The number of anilines is 1. The molecule has 22 heavy (non-hydrogen) atoms. The van der Waals surface area contributed by atoms with Gasteiger partial charge in [0.05, 0.1) is 25.0 Å². The summed E-state index contributed by atoms with van der Waals surface area (Å²) in [6, 6.07) is 8.60. The summed E-state index contributed by atoms with van der Waals surface area (Å²) < 4.78 is 5.30. The maximum absolute atomic E-state index is 8.80. The Labute approximate surface area is 129 Å². The van der Waals surface area contributed by atoms with Gasteiger partial charge in [-0.25, -0.2) is 0 Å². The van der Waals surface area contributed by atoms with Crippen LogP contribution in [-0.2, 0) is 6.54 Å². The van der Waals surface area contributed by atoms with Gasteiger partial charge in [-0.1, -0.05) is 24.3 Å². The smallest absolute Gasteiger partial charge is 0.234 e. The van der Waals surface area contributed by atoms with Crippen LogP contribution in [0.1, 0.15) is 17.2 Å². The van der Waals surface area contributed by atoms with Crippen LogP contribution in [0.5, 0.6) is 5.88 Å². The molecule has 116 valence electrons. The number of ether oxygens (including phenoxy) is 1. The Morgan fingerprint density at radius 3 is 3.09 bits per heavy atom. The third kappa shape index (κ3) is 3.35. The van der Waals surface area contributed by atoms with Gasteiger partial charge in [0.25, 0.3) is 0 Å². The molecule has 1 aliphatic rings. The van der Waals surface area contributed by atoms with Crippen LogP contribution in [0, 0.1) is 0 Å². The molecule has 0 saturated carbocycles. The van der Waals surface area contributed by atoms with Crippen molar-refractivity contribution >= 4 is 5.82 Å². The number of benzene rings is 1. The van der Waals surface area contributed by atoms with E-state index in [2.05, 4.69) is 51.5 Å². The molecule has 2 heterocycles. The highest BCUT2D eigenvalue weighted by Crippen LogP contribution is 2.28. The average molecular weight is 300 g/mol. The van der Waals surface area contributed by atoms with Crippen molar-refractivity contribution in [1.82, 2.24) is 14.9 Å². The highest BCUT2D eigenvalue weighted by Gasteiger charge is 2.23. The minimum atomic E-state index is -0.0415. The lowest BCUT2D eigenvalue weighted by Gasteiger charge is -2.32. The molecule has 2 N–H and O–H groups in total. The van der Waals surface area contributed by atoms with Gasteiger partial charge in [-0.15, -0.1) is 0 Å². The molecular weight excluding hydrogens is 280 g/mol. The number of aliphatic hydroxyl groups is 1. The van der Waals surface area contributed by atoms with E-state index in [9.17, 15) is 0 Å². The second kappa shape index (κ2) is 6.72. The van der Waals surface area contributed by atoms with Crippen molar-refractivity contribution in [1.29, 1.82) is 0 Å². The fourth-order valence-corrected chi connectivity index (χ4v) is 2.72. The molecule has 3 rings (SSSR count). The zero-order chi connectivity index (χ0) is 15.4. The summed E-state index contributed by atoms with van der Waals surface area (Å²) >= 11 is 0. The fraction of sp³-hybridized carbons (Fsp3) is 0.375. The summed E-state index contributed by atoms with van der Waals surface area (Å²) in [5.74, 6) is 1.09. The number of fused-ring (bicyclic) bond motifs is 1. The van der Waals surface area contributed by atoms with Gasteiger partial charge in [0, 0.05) is 13.1 Å². The molecule has 0 saturated heterocycles. The summed E-state index contributed by atoms with van der Waals surface area (Å²) in [6.07, 6.45) is 3.23. The van der Waals surface area contributed by atoms with Crippen molar-refractivity contribution in [3.8, 4) is 5.88 Å². The molecule has 0 bridgehead atoms. The average Bonchev–Trinajstić information content (AvgIpc) is 2.53. The minimum Gasteiger partial charge on any atom is -0.474 e. The highest BCUT2D eigenvalue weighted by molar-refractivity contribution is 5.42. The minimum absolute atomic E-state index is 0.0415. The van der Waals surface area contributed by atoms with Crippen LogP contribution >= 0.6 is 0 Å². The number of nitrogens with one attached hydrogen (secondary N) is 1. The highest BCUT2D eigenvalue weighted by atomic mass is 16.5. The van der Waals surface area contributed by atoms with Crippen LogP contribution in [0.3, 0.4) is 0 Å². The molecule has 0 radical (unpaired) electrons. The Hall–Kier alpha value is -2.18. The first-order valence-electron chi connectivity index (χ1n) is 7.35. The van der Waals surface area contributed by atoms with Gasteiger partial charge in [0.2, 0.25) is 5.88 Å². The Morgan fingerprint density at radius 1 is 1.36 bits per heavy atom. The second-order valence-electron chi connectivity index (χ2n) is 5.41. The number of rotatable bonds is 5. The topological polar surface area (TPSA) is 70.5 Å². The van der Waals surface area contributed by atoms with Gasteiger partial charge in [-0.05, 0) is 18.2 Å². The molecule has 1 unspecified atom stereocenters. The van der Waals surface area contributed by atoms with Crippen LogP contribution < -0.4 is 10.1 Å². The number of aliphatic hydroxyl groups excluding tert-OH is 1. The van der Waals surface area contributed by atoms with E-state index in [0.717, 1.165) is 13.1 Å². The van der Waals surface area contributed by atoms with E-state index in [4.69, 9.17) is 9.84 Å². The Balaban J connectivity index is 1.78. The van der Waals surface area contributed by atoms with Crippen molar-refractivity contribution in [3.05, 3.63) is 47.8 Å². The quantitative estimate of drug-likeness (QED) is 0.871. The van der Waals surface area contributed by atoms with Crippen LogP contribution in [-0.4, -0.2) is 46.8 Å². The standard InChI is InChI=1S/C16H20N4O2/c1-20-10-12-4-2-3-5-13(12)14(11-20)18-15-8-17-9-16(19-15)22-7-6-21/h2-5,8-9,14,21H,6-7,10-11H2,1H3,(H,18,19). The molecule has 1 aromatic carbocycles. The SMILES string of the molecule is CN1Cc2ccccc2C(Nc2cncc(OCCO)n2)C1. The number of likely N-dealkylation sites (N-methyl/N-ethyl adjacent to an activating group) is 1. The number of aromatic nitrogens is 2. The van der Waals surface area contributed by atoms with Gasteiger partial charge in [0.1, 0.15) is 12.4 Å². The van der Waals surface area contributed by atoms with Crippen LogP contribution in [0.2, 0.25) is 0 Å². The monoisotopic (exact) mass is 300 g/mol. The summed E-state index contributed by atoms with van der Waals surface area (Å²) in [7, 11) is 2.11. The molecule has 1 aliphatic heterocycles. The van der Waals surface area contributed by atoms with Gasteiger partial charge in [0.15, 0.2) is 0 Å². The predicted molar refractivity (Wildman–Crippen MR) is 83.8 cm³/mol. The molecule has 0 amide bonds. The molecule has 1 aromatic heterocycles. The van der Waals surface area contributed by atoms with Crippen molar-refractivity contribution < 1.29 is 9.84 Å². The zero-order valence-electron chi connectivity index (χ0n) is 12.6. The van der Waals surface area contributed by atoms with Crippen molar-refractivity contribution in [3.63, 3.8) is 0 Å². The lowest BCUT2D eigenvalue weighted by Crippen LogP contribution is -2.34. The zero-order valence-corrected chi connectivity index (χ0v) is 12.6. The van der Waals surface area contributed by atoms with Crippen molar-refractivity contribution in [2.75, 3.05) is 32.1 Å². The first-order valence-corrected chi connectivity index (χ1v) is 7.35. The molecule has 0 fully saturated rings. The first-order chi connectivity index (χ1) is 10.8. The predicted octanol–water partition coefficient (Wildman–Crippen LogP) is 1.45. The molecule has 0 spiro atoms. The maximum Gasteiger partial charge on any atom is 0.234 e. The van der Waals surface area contributed by atoms with Gasteiger partial charge < -0.3 is 15.2 Å². The third-order valence-corrected chi connectivity index (χ3v) is 3.64. The van der Waals surface area contributed by atoms with E-state index in [-0.39, 0.29) is 19.3 Å². The van der Waals surface area contributed by atoms with Gasteiger partial charge >= 0.3 is 0 Å². The summed E-state index contributed by atoms with van der Waals surface area (Å²) in [6.45, 7) is 2.04. The van der Waals surface area contributed by atoms with Crippen LogP contribution in [0.15, 0.2) is 36.7 Å². The van der Waals surface area contributed by atoms with E-state index in [1.807, 2.05) is 0 Å². The third-order valence-electron chi connectivity index (χ3n) is 3.64. The Bertz CT molecular complexity index is 635. The summed E-state index contributed by atoms with van der Waals surface area (Å²) in [5.41, 5.74) is 2.62. The number of hydrogen-bond donors (Lipinski definition) is 2. The maximum atomic E-state index is 8.80. The van der Waals surface area contributed by atoms with E-state index in [0.29, 0.717) is 11.7 Å². The first kappa shape index (κ1) is 14.7. The normalized spacial score (nSPS) is 17.8. The number of nitrogens with zero attached hydrogens (tertiary/aromatic N) is 3.